The lowest BCUT2D eigenvalue weighted by atomic mass is 10.0. The van der Waals surface area contributed by atoms with Gasteiger partial charge < -0.3 is 31.9 Å². The average molecular weight is 547 g/mol. The number of benzene rings is 1. The fourth-order valence-electron chi connectivity index (χ4n) is 3.33. The highest BCUT2D eigenvalue weighted by molar-refractivity contribution is 5.80. The maximum atomic E-state index is 12.2. The molecular weight excluding hydrogens is 504 g/mol. The summed E-state index contributed by atoms with van der Waals surface area (Å²) in [6.07, 6.45) is 1.50. The van der Waals surface area contributed by atoms with Gasteiger partial charge in [0.25, 0.3) is 0 Å². The van der Waals surface area contributed by atoms with Gasteiger partial charge in [0.15, 0.2) is 0 Å². The molecule has 0 aliphatic heterocycles. The summed E-state index contributed by atoms with van der Waals surface area (Å²) in [5, 5.41) is 16.4. The van der Waals surface area contributed by atoms with Crippen molar-refractivity contribution in [2.75, 3.05) is 19.6 Å². The SMILES string of the molecule is CCC(=O)NCCC(=O)NCc1cc(CNC(=O)CCNC(=O)CC)cc(CNC(=O)CCNC(=O)CC)c1. The van der Waals surface area contributed by atoms with Gasteiger partial charge in [-0.3, -0.25) is 28.8 Å². The predicted molar refractivity (Wildman–Crippen MR) is 146 cm³/mol. The Hall–Kier alpha value is -3.96. The van der Waals surface area contributed by atoms with Crippen molar-refractivity contribution in [3.05, 3.63) is 34.9 Å². The maximum Gasteiger partial charge on any atom is 0.222 e. The van der Waals surface area contributed by atoms with E-state index in [-0.39, 0.29) is 94.0 Å². The van der Waals surface area contributed by atoms with Crippen molar-refractivity contribution in [3.63, 3.8) is 0 Å². The highest BCUT2D eigenvalue weighted by Gasteiger charge is 2.09. The number of hydrogen-bond donors (Lipinski definition) is 6. The second-order valence-electron chi connectivity index (χ2n) is 8.85. The molecule has 0 bridgehead atoms. The van der Waals surface area contributed by atoms with Crippen LogP contribution < -0.4 is 31.9 Å². The fourth-order valence-corrected chi connectivity index (χ4v) is 3.33. The molecule has 0 atom stereocenters. The second kappa shape index (κ2) is 19.2. The van der Waals surface area contributed by atoms with Crippen LogP contribution >= 0.6 is 0 Å². The van der Waals surface area contributed by atoms with Crippen LogP contribution in [-0.4, -0.2) is 55.1 Å². The predicted octanol–water partition coefficient (Wildman–Crippen LogP) is 0.284. The van der Waals surface area contributed by atoms with Gasteiger partial charge in [0.2, 0.25) is 35.4 Å². The van der Waals surface area contributed by atoms with Gasteiger partial charge in [-0.05, 0) is 16.7 Å². The van der Waals surface area contributed by atoms with Gasteiger partial charge in [-0.2, -0.15) is 0 Å². The van der Waals surface area contributed by atoms with Crippen molar-refractivity contribution in [3.8, 4) is 0 Å². The average Bonchev–Trinajstić information content (AvgIpc) is 2.93. The number of nitrogens with one attached hydrogen (secondary N) is 6. The van der Waals surface area contributed by atoms with E-state index < -0.39 is 0 Å². The van der Waals surface area contributed by atoms with Crippen LogP contribution in [0.2, 0.25) is 0 Å². The van der Waals surface area contributed by atoms with Gasteiger partial charge in [-0.1, -0.05) is 39.0 Å². The van der Waals surface area contributed by atoms with E-state index in [1.54, 1.807) is 20.8 Å². The molecule has 0 radical (unpaired) electrons. The standard InChI is InChI=1S/C27H42N6O6/c1-4-22(34)28-10-7-25(37)31-16-19-13-20(17-32-26(38)8-11-29-23(35)5-2)15-21(14-19)18-33-27(39)9-12-30-24(36)6-3/h13-15H,4-12,16-18H2,1-3H3,(H,28,34)(H,29,35)(H,30,36)(H,31,37)(H,32,38)(H,33,39). The van der Waals surface area contributed by atoms with Crippen LogP contribution in [0.15, 0.2) is 18.2 Å². The molecule has 0 saturated heterocycles. The van der Waals surface area contributed by atoms with Crippen molar-refractivity contribution in [2.45, 2.75) is 78.9 Å². The Balaban J connectivity index is 2.74. The lowest BCUT2D eigenvalue weighted by Gasteiger charge is -2.13. The first-order valence-corrected chi connectivity index (χ1v) is 13.4. The Morgan fingerprint density at radius 3 is 0.923 bits per heavy atom. The van der Waals surface area contributed by atoms with Crippen molar-refractivity contribution < 1.29 is 28.8 Å². The molecule has 1 aromatic carbocycles. The highest BCUT2D eigenvalue weighted by atomic mass is 16.2. The number of hydrogen-bond acceptors (Lipinski definition) is 6. The molecule has 12 heteroatoms. The molecule has 6 amide bonds. The minimum atomic E-state index is -0.219. The molecule has 0 heterocycles. The summed E-state index contributed by atoms with van der Waals surface area (Å²) in [6.45, 7) is 6.65. The highest BCUT2D eigenvalue weighted by Crippen LogP contribution is 2.11. The summed E-state index contributed by atoms with van der Waals surface area (Å²) in [5.41, 5.74) is 2.34. The van der Waals surface area contributed by atoms with Gasteiger partial charge in [-0.25, -0.2) is 0 Å². The Kier molecular flexibility index (Phi) is 16.2. The van der Waals surface area contributed by atoms with Crippen LogP contribution in [0.5, 0.6) is 0 Å². The van der Waals surface area contributed by atoms with Crippen molar-refractivity contribution in [2.24, 2.45) is 0 Å². The summed E-state index contributed by atoms with van der Waals surface area (Å²) < 4.78 is 0. The van der Waals surface area contributed by atoms with Gasteiger partial charge >= 0.3 is 0 Å². The van der Waals surface area contributed by atoms with E-state index in [2.05, 4.69) is 31.9 Å². The van der Waals surface area contributed by atoms with Gasteiger partial charge in [-0.15, -0.1) is 0 Å². The van der Waals surface area contributed by atoms with Gasteiger partial charge in [0, 0.05) is 77.8 Å². The Bertz CT molecular complexity index is 861. The Morgan fingerprint density at radius 2 is 0.692 bits per heavy atom. The van der Waals surface area contributed by atoms with E-state index in [0.29, 0.717) is 19.3 Å². The van der Waals surface area contributed by atoms with Crippen molar-refractivity contribution in [1.82, 2.24) is 31.9 Å². The molecule has 6 N–H and O–H groups in total. The summed E-state index contributed by atoms with van der Waals surface area (Å²) in [7, 11) is 0. The fraction of sp³-hybridized carbons (Fsp3) is 0.556. The quantitative estimate of drug-likeness (QED) is 0.154. The molecule has 1 rings (SSSR count). The topological polar surface area (TPSA) is 175 Å². The smallest absolute Gasteiger partial charge is 0.222 e. The third-order valence-electron chi connectivity index (χ3n) is 5.57. The minimum absolute atomic E-state index is 0.121. The largest absolute Gasteiger partial charge is 0.356 e. The molecule has 0 spiro atoms. The summed E-state index contributed by atoms with van der Waals surface area (Å²) >= 11 is 0. The normalized spacial score (nSPS) is 10.2. The number of rotatable bonds is 18. The summed E-state index contributed by atoms with van der Waals surface area (Å²) in [6, 6.07) is 5.55. The Morgan fingerprint density at radius 1 is 0.436 bits per heavy atom. The van der Waals surface area contributed by atoms with E-state index in [0.717, 1.165) is 16.7 Å². The Labute approximate surface area is 229 Å². The number of carbonyl (C=O) groups excluding carboxylic acids is 6. The third-order valence-corrected chi connectivity index (χ3v) is 5.57. The zero-order valence-electron chi connectivity index (χ0n) is 23.2. The van der Waals surface area contributed by atoms with Crippen molar-refractivity contribution >= 4 is 35.4 Å². The molecule has 216 valence electrons. The number of carbonyl (C=O) groups is 6. The van der Waals surface area contributed by atoms with E-state index >= 15 is 0 Å². The molecule has 0 aliphatic rings. The molecule has 39 heavy (non-hydrogen) atoms. The monoisotopic (exact) mass is 546 g/mol. The molecule has 1 aromatic rings. The van der Waals surface area contributed by atoms with Crippen molar-refractivity contribution in [1.29, 1.82) is 0 Å². The van der Waals surface area contributed by atoms with Crippen LogP contribution in [0.3, 0.4) is 0 Å². The lowest BCUT2D eigenvalue weighted by Crippen LogP contribution is -2.31. The maximum absolute atomic E-state index is 12.2. The molecule has 12 nitrogen and oxygen atoms in total. The van der Waals surface area contributed by atoms with Crippen LogP contribution in [0.25, 0.3) is 0 Å². The van der Waals surface area contributed by atoms with E-state index in [1.165, 1.54) is 0 Å². The van der Waals surface area contributed by atoms with E-state index in [1.807, 2.05) is 18.2 Å². The summed E-state index contributed by atoms with van der Waals surface area (Å²) in [5.74, 6) is -1.02. The zero-order chi connectivity index (χ0) is 29.0. The molecular formula is C27H42N6O6. The summed E-state index contributed by atoms with van der Waals surface area (Å²) in [4.78, 5) is 70.6. The second-order valence-corrected chi connectivity index (χ2v) is 8.85. The molecule has 0 fully saturated rings. The first kappa shape index (κ1) is 33.1. The van der Waals surface area contributed by atoms with E-state index in [9.17, 15) is 28.8 Å². The number of amides is 6. The molecule has 0 aromatic heterocycles. The van der Waals surface area contributed by atoms with Crippen LogP contribution in [-0.2, 0) is 48.4 Å². The van der Waals surface area contributed by atoms with E-state index in [4.69, 9.17) is 0 Å². The third kappa shape index (κ3) is 15.8. The molecule has 0 aliphatic carbocycles. The lowest BCUT2D eigenvalue weighted by molar-refractivity contribution is -0.123. The van der Waals surface area contributed by atoms with Crippen LogP contribution in [0.4, 0.5) is 0 Å². The van der Waals surface area contributed by atoms with Gasteiger partial charge in [0.1, 0.15) is 0 Å². The van der Waals surface area contributed by atoms with Crippen LogP contribution in [0, 0.1) is 0 Å². The molecule has 0 saturated carbocycles. The van der Waals surface area contributed by atoms with Crippen LogP contribution in [0.1, 0.15) is 76.0 Å². The zero-order valence-corrected chi connectivity index (χ0v) is 23.2. The first-order valence-electron chi connectivity index (χ1n) is 13.4. The van der Waals surface area contributed by atoms with Gasteiger partial charge in [0.05, 0.1) is 0 Å². The molecule has 0 unspecified atom stereocenters. The first-order chi connectivity index (χ1) is 18.7. The minimum Gasteiger partial charge on any atom is -0.356 e.